The van der Waals surface area contributed by atoms with E-state index in [1.54, 1.807) is 24.3 Å². The predicted octanol–water partition coefficient (Wildman–Crippen LogP) is 5.14. The van der Waals surface area contributed by atoms with Gasteiger partial charge in [-0.2, -0.15) is 0 Å². The second-order valence-corrected chi connectivity index (χ2v) is 6.86. The van der Waals surface area contributed by atoms with E-state index in [2.05, 4.69) is 21.2 Å². The van der Waals surface area contributed by atoms with E-state index in [4.69, 9.17) is 20.8 Å². The summed E-state index contributed by atoms with van der Waals surface area (Å²) in [5.74, 6) is -0.224. The lowest BCUT2D eigenvalue weighted by Gasteiger charge is -2.07. The third-order valence-corrected chi connectivity index (χ3v) is 4.38. The number of nitrogens with zero attached hydrogens (tertiary/aromatic N) is 1. The number of non-ortho nitro benzene ring substituents is 1. The lowest BCUT2D eigenvalue weighted by molar-refractivity contribution is -0.384. The average Bonchev–Trinajstić information content (AvgIpc) is 3.11. The first kappa shape index (κ1) is 19.7. The van der Waals surface area contributed by atoms with Crippen LogP contribution in [-0.4, -0.2) is 15.9 Å². The summed E-state index contributed by atoms with van der Waals surface area (Å²) in [7, 11) is 0. The molecule has 3 rings (SSSR count). The minimum absolute atomic E-state index is 0.0155. The standard InChI is InChI=1S/C18H12BrClN2O6/c19-10-1-5-16(13(20)7-10)27-9-12-3-6-17(28-12)18(24)21-14-4-2-11(22(25)26)8-15(14)23/h1-8,23H,9H2,(H,21,24). The molecule has 1 aromatic heterocycles. The van der Waals surface area contributed by atoms with E-state index in [0.29, 0.717) is 16.5 Å². The number of anilines is 1. The highest BCUT2D eigenvalue weighted by atomic mass is 79.9. The van der Waals surface area contributed by atoms with Gasteiger partial charge in [-0.05, 0) is 36.4 Å². The molecule has 0 atom stereocenters. The zero-order chi connectivity index (χ0) is 20.3. The van der Waals surface area contributed by atoms with E-state index in [1.165, 1.54) is 18.2 Å². The van der Waals surface area contributed by atoms with Crippen molar-refractivity contribution in [2.75, 3.05) is 5.32 Å². The van der Waals surface area contributed by atoms with Crippen LogP contribution in [0.15, 0.2) is 57.4 Å². The fourth-order valence-corrected chi connectivity index (χ4v) is 2.97. The number of ether oxygens (including phenoxy) is 1. The first-order valence-corrected chi connectivity index (χ1v) is 8.96. The molecule has 0 spiro atoms. The molecule has 10 heteroatoms. The summed E-state index contributed by atoms with van der Waals surface area (Å²) >= 11 is 9.37. The summed E-state index contributed by atoms with van der Waals surface area (Å²) in [6.45, 7) is 0.0530. The smallest absolute Gasteiger partial charge is 0.291 e. The number of carbonyl (C=O) groups is 1. The van der Waals surface area contributed by atoms with Gasteiger partial charge in [0.05, 0.1) is 21.7 Å². The normalized spacial score (nSPS) is 10.5. The van der Waals surface area contributed by atoms with Crippen molar-refractivity contribution in [3.63, 3.8) is 0 Å². The van der Waals surface area contributed by atoms with Crippen LogP contribution in [0.5, 0.6) is 11.5 Å². The fraction of sp³-hybridized carbons (Fsp3) is 0.0556. The Labute approximate surface area is 172 Å². The number of benzene rings is 2. The second-order valence-electron chi connectivity index (χ2n) is 5.54. The molecule has 144 valence electrons. The zero-order valence-corrected chi connectivity index (χ0v) is 16.4. The molecule has 1 heterocycles. The minimum atomic E-state index is -0.651. The fourth-order valence-electron chi connectivity index (χ4n) is 2.24. The molecular weight excluding hydrogens is 456 g/mol. The molecule has 0 saturated carbocycles. The maximum atomic E-state index is 12.2. The van der Waals surface area contributed by atoms with Crippen molar-refractivity contribution < 1.29 is 24.0 Å². The largest absolute Gasteiger partial charge is 0.506 e. The lowest BCUT2D eigenvalue weighted by Crippen LogP contribution is -2.11. The number of carbonyl (C=O) groups excluding carboxylic acids is 1. The topological polar surface area (TPSA) is 115 Å². The van der Waals surface area contributed by atoms with Crippen LogP contribution < -0.4 is 10.1 Å². The van der Waals surface area contributed by atoms with Crippen molar-refractivity contribution in [2.45, 2.75) is 6.61 Å². The number of hydrogen-bond donors (Lipinski definition) is 2. The summed E-state index contributed by atoms with van der Waals surface area (Å²) in [6.07, 6.45) is 0. The Hall–Kier alpha value is -3.04. The van der Waals surface area contributed by atoms with Crippen molar-refractivity contribution in [1.29, 1.82) is 0 Å². The summed E-state index contributed by atoms with van der Waals surface area (Å²) in [6, 6.07) is 11.5. The first-order chi connectivity index (χ1) is 13.3. The summed E-state index contributed by atoms with van der Waals surface area (Å²) in [4.78, 5) is 22.3. The number of nitro groups is 1. The van der Waals surface area contributed by atoms with Crippen LogP contribution in [0.3, 0.4) is 0 Å². The van der Waals surface area contributed by atoms with Gasteiger partial charge in [-0.1, -0.05) is 27.5 Å². The average molecular weight is 468 g/mol. The van der Waals surface area contributed by atoms with Crippen LogP contribution in [0.25, 0.3) is 0 Å². The van der Waals surface area contributed by atoms with Gasteiger partial charge >= 0.3 is 0 Å². The Morgan fingerprint density at radius 1 is 1.25 bits per heavy atom. The number of rotatable bonds is 6. The number of halogens is 2. The van der Waals surface area contributed by atoms with Crippen molar-refractivity contribution >= 4 is 44.8 Å². The van der Waals surface area contributed by atoms with Gasteiger partial charge in [-0.25, -0.2) is 0 Å². The molecule has 2 aromatic carbocycles. The zero-order valence-electron chi connectivity index (χ0n) is 14.0. The minimum Gasteiger partial charge on any atom is -0.506 e. The van der Waals surface area contributed by atoms with Crippen LogP contribution in [0, 0.1) is 10.1 Å². The lowest BCUT2D eigenvalue weighted by atomic mass is 10.2. The number of nitrogens with one attached hydrogen (secondary N) is 1. The van der Waals surface area contributed by atoms with Crippen LogP contribution in [-0.2, 0) is 6.61 Å². The Morgan fingerprint density at radius 3 is 2.71 bits per heavy atom. The molecular formula is C18H12BrClN2O6. The molecule has 0 bridgehead atoms. The molecule has 0 unspecified atom stereocenters. The maximum absolute atomic E-state index is 12.2. The number of furan rings is 1. The molecule has 2 N–H and O–H groups in total. The van der Waals surface area contributed by atoms with Crippen molar-refractivity contribution in [1.82, 2.24) is 0 Å². The number of hydrogen-bond acceptors (Lipinski definition) is 6. The van der Waals surface area contributed by atoms with E-state index in [1.807, 2.05) is 0 Å². The summed E-state index contributed by atoms with van der Waals surface area (Å²) in [5.41, 5.74) is -0.272. The first-order valence-electron chi connectivity index (χ1n) is 7.79. The maximum Gasteiger partial charge on any atom is 0.291 e. The van der Waals surface area contributed by atoms with Crippen LogP contribution in [0.2, 0.25) is 5.02 Å². The molecule has 3 aromatic rings. The molecule has 0 aliphatic heterocycles. The Morgan fingerprint density at radius 2 is 2.04 bits per heavy atom. The van der Waals surface area contributed by atoms with Crippen LogP contribution in [0.1, 0.15) is 16.3 Å². The van der Waals surface area contributed by atoms with Gasteiger partial charge in [0.1, 0.15) is 23.9 Å². The van der Waals surface area contributed by atoms with E-state index < -0.39 is 16.6 Å². The molecule has 28 heavy (non-hydrogen) atoms. The Kier molecular flexibility index (Phi) is 5.86. The van der Waals surface area contributed by atoms with E-state index in [9.17, 15) is 20.0 Å². The van der Waals surface area contributed by atoms with E-state index >= 15 is 0 Å². The molecule has 0 radical (unpaired) electrons. The molecule has 1 amide bonds. The quantitative estimate of drug-likeness (QED) is 0.295. The summed E-state index contributed by atoms with van der Waals surface area (Å²) in [5, 5.41) is 23.3. The monoisotopic (exact) mass is 466 g/mol. The summed E-state index contributed by atoms with van der Waals surface area (Å²) < 4.78 is 11.8. The van der Waals surface area contributed by atoms with Gasteiger partial charge in [0, 0.05) is 10.5 Å². The van der Waals surface area contributed by atoms with Gasteiger partial charge in [0.25, 0.3) is 11.6 Å². The highest BCUT2D eigenvalue weighted by Crippen LogP contribution is 2.30. The SMILES string of the molecule is O=C(Nc1ccc([N+](=O)[O-])cc1O)c1ccc(COc2ccc(Br)cc2Cl)o1. The van der Waals surface area contributed by atoms with Crippen molar-refractivity contribution in [3.05, 3.63) is 79.7 Å². The van der Waals surface area contributed by atoms with Crippen LogP contribution in [0.4, 0.5) is 11.4 Å². The number of phenolic OH excluding ortho intramolecular Hbond substituents is 1. The highest BCUT2D eigenvalue weighted by molar-refractivity contribution is 9.10. The van der Waals surface area contributed by atoms with Gasteiger partial charge < -0.3 is 19.6 Å². The molecule has 0 fully saturated rings. The van der Waals surface area contributed by atoms with Gasteiger partial charge in [-0.3, -0.25) is 14.9 Å². The van der Waals surface area contributed by atoms with Gasteiger partial charge in [0.2, 0.25) is 0 Å². The van der Waals surface area contributed by atoms with Crippen LogP contribution >= 0.6 is 27.5 Å². The molecule has 0 aliphatic rings. The number of amides is 1. The highest BCUT2D eigenvalue weighted by Gasteiger charge is 2.16. The molecule has 8 nitrogen and oxygen atoms in total. The van der Waals surface area contributed by atoms with E-state index in [-0.39, 0.29) is 23.7 Å². The van der Waals surface area contributed by atoms with Gasteiger partial charge in [-0.15, -0.1) is 0 Å². The number of nitro benzene ring substituents is 1. The van der Waals surface area contributed by atoms with Crippen molar-refractivity contribution in [3.8, 4) is 11.5 Å². The predicted molar refractivity (Wildman–Crippen MR) is 105 cm³/mol. The number of phenols is 1. The third-order valence-electron chi connectivity index (χ3n) is 3.59. The molecule has 0 saturated heterocycles. The third kappa shape index (κ3) is 4.62. The Bertz CT molecular complexity index is 1050. The second kappa shape index (κ2) is 8.32. The van der Waals surface area contributed by atoms with Crippen molar-refractivity contribution in [2.24, 2.45) is 0 Å². The number of aromatic hydroxyl groups is 1. The van der Waals surface area contributed by atoms with Gasteiger partial charge in [0.15, 0.2) is 5.76 Å². The molecule has 0 aliphatic carbocycles. The Balaban J connectivity index is 1.64. The van der Waals surface area contributed by atoms with E-state index in [0.717, 1.165) is 10.5 Å².